The van der Waals surface area contributed by atoms with Gasteiger partial charge in [-0.3, -0.25) is 0 Å². The van der Waals surface area contributed by atoms with E-state index in [4.69, 9.17) is 8.85 Å². The van der Waals surface area contributed by atoms with Gasteiger partial charge in [0, 0.05) is 6.61 Å². The molecule has 0 spiro atoms. The van der Waals surface area contributed by atoms with E-state index in [1.807, 2.05) is 0 Å². The first-order chi connectivity index (χ1) is 21.1. The maximum atomic E-state index is 7.23. The molecule has 0 aromatic heterocycles. The zero-order valence-electron chi connectivity index (χ0n) is 27.1. The molecule has 2 nitrogen and oxygen atoms in total. The fraction of sp³-hybridized carbons (Fsp3) is 0.250. The fourth-order valence-corrected chi connectivity index (χ4v) is 15.6. The number of hydrogen-bond acceptors (Lipinski definition) is 2. The van der Waals surface area contributed by atoms with E-state index in [9.17, 15) is 0 Å². The second-order valence-electron chi connectivity index (χ2n) is 13.7. The molecule has 0 heterocycles. The van der Waals surface area contributed by atoms with E-state index < -0.39 is 16.6 Å². The summed E-state index contributed by atoms with van der Waals surface area (Å²) in [6.45, 7) is 14.6. The molecule has 226 valence electrons. The molecule has 5 aromatic carbocycles. The third-order valence-corrected chi connectivity index (χ3v) is 18.7. The van der Waals surface area contributed by atoms with Crippen molar-refractivity contribution in [3.63, 3.8) is 0 Å². The van der Waals surface area contributed by atoms with E-state index in [1.165, 1.54) is 26.3 Å². The van der Waals surface area contributed by atoms with E-state index in [-0.39, 0.29) is 10.1 Å². The molecule has 0 radical (unpaired) electrons. The highest BCUT2D eigenvalue weighted by Gasteiger charge is 2.52. The van der Waals surface area contributed by atoms with E-state index in [1.54, 1.807) is 0 Å². The van der Waals surface area contributed by atoms with Crippen LogP contribution in [0.25, 0.3) is 0 Å². The van der Waals surface area contributed by atoms with Gasteiger partial charge in [0.2, 0.25) is 0 Å². The lowest BCUT2D eigenvalue weighted by molar-refractivity contribution is 0.302. The molecule has 0 atom stereocenters. The summed E-state index contributed by atoms with van der Waals surface area (Å²) in [6, 6.07) is 52.1. The van der Waals surface area contributed by atoms with Crippen molar-refractivity contribution < 1.29 is 8.85 Å². The summed E-state index contributed by atoms with van der Waals surface area (Å²) in [5.41, 5.74) is 1.25. The second kappa shape index (κ2) is 13.1. The normalized spacial score (nSPS) is 12.6. The maximum Gasteiger partial charge on any atom is 0.319 e. The molecule has 0 unspecified atom stereocenters. The fourth-order valence-electron chi connectivity index (χ4n) is 6.63. The molecular weight excluding hydrogens is 569 g/mol. The minimum absolute atomic E-state index is 0.0385. The molecule has 0 aliphatic heterocycles. The third-order valence-electron chi connectivity index (χ3n) is 8.74. The molecule has 5 rings (SSSR count). The first kappa shape index (κ1) is 31.7. The Kier molecular flexibility index (Phi) is 9.45. The van der Waals surface area contributed by atoms with Gasteiger partial charge in [0.05, 0.1) is 0 Å². The number of rotatable bonds is 10. The minimum atomic E-state index is -2.67. The van der Waals surface area contributed by atoms with Gasteiger partial charge in [-0.2, -0.15) is 0 Å². The standard InChI is InChI=1S/C40H46O2Si2/c1-39(2,3)43(35-19-11-7-12-20-35,36-21-13-8-14-22-36)41-32-31-33-27-29-34(30-28-33)42-44(40(4,5)6,37-23-15-9-16-24-37)38-25-17-10-18-26-38/h7-30H,31-32H2,1-6H3. The van der Waals surface area contributed by atoms with Crippen LogP contribution in [0.15, 0.2) is 146 Å². The monoisotopic (exact) mass is 614 g/mol. The lowest BCUT2D eigenvalue weighted by Gasteiger charge is -2.43. The Morgan fingerprint density at radius 3 is 1.11 bits per heavy atom. The van der Waals surface area contributed by atoms with Crippen LogP contribution in [0.5, 0.6) is 5.75 Å². The minimum Gasteiger partial charge on any atom is -0.534 e. The van der Waals surface area contributed by atoms with Crippen molar-refractivity contribution in [3.8, 4) is 5.75 Å². The average Bonchev–Trinajstić information content (AvgIpc) is 3.03. The molecule has 0 saturated carbocycles. The van der Waals surface area contributed by atoms with Crippen molar-refractivity contribution in [1.29, 1.82) is 0 Å². The van der Waals surface area contributed by atoms with E-state index in [0.717, 1.165) is 12.2 Å². The van der Waals surface area contributed by atoms with Crippen LogP contribution in [0.3, 0.4) is 0 Å². The number of hydrogen-bond donors (Lipinski definition) is 0. The molecule has 0 fully saturated rings. The quantitative estimate of drug-likeness (QED) is 0.150. The summed E-state index contributed by atoms with van der Waals surface area (Å²) in [7, 11) is -5.23. The van der Waals surface area contributed by atoms with Gasteiger partial charge in [-0.15, -0.1) is 0 Å². The van der Waals surface area contributed by atoms with Crippen LogP contribution in [0.4, 0.5) is 0 Å². The van der Waals surface area contributed by atoms with Gasteiger partial charge in [-0.1, -0.05) is 175 Å². The van der Waals surface area contributed by atoms with Crippen molar-refractivity contribution in [2.24, 2.45) is 0 Å². The van der Waals surface area contributed by atoms with Crippen LogP contribution in [0.2, 0.25) is 10.1 Å². The summed E-state index contributed by atoms with van der Waals surface area (Å²) in [5.74, 6) is 0.913. The van der Waals surface area contributed by atoms with Crippen molar-refractivity contribution in [3.05, 3.63) is 151 Å². The van der Waals surface area contributed by atoms with Gasteiger partial charge in [-0.05, 0) is 54.9 Å². The lowest BCUT2D eigenvalue weighted by Crippen LogP contribution is -2.68. The van der Waals surface area contributed by atoms with Crippen LogP contribution < -0.4 is 25.2 Å². The topological polar surface area (TPSA) is 18.5 Å². The van der Waals surface area contributed by atoms with Crippen molar-refractivity contribution in [2.45, 2.75) is 58.0 Å². The first-order valence-corrected chi connectivity index (χ1v) is 19.5. The summed E-state index contributed by atoms with van der Waals surface area (Å²) in [4.78, 5) is 0. The largest absolute Gasteiger partial charge is 0.534 e. The molecule has 0 bridgehead atoms. The zero-order chi connectivity index (χ0) is 31.3. The SMILES string of the molecule is CC(C)(C)[Si](OCCc1ccc(O[Si](c2ccccc2)(c2ccccc2)C(C)(C)C)cc1)(c1ccccc1)c1ccccc1. The van der Waals surface area contributed by atoms with Gasteiger partial charge in [-0.25, -0.2) is 0 Å². The Morgan fingerprint density at radius 1 is 0.432 bits per heavy atom. The van der Waals surface area contributed by atoms with Crippen LogP contribution in [0.1, 0.15) is 47.1 Å². The molecule has 0 aliphatic carbocycles. The highest BCUT2D eigenvalue weighted by atomic mass is 28.4. The molecule has 0 saturated heterocycles. The van der Waals surface area contributed by atoms with Gasteiger partial charge in [0.1, 0.15) is 5.75 Å². The van der Waals surface area contributed by atoms with Gasteiger partial charge in [0.25, 0.3) is 8.32 Å². The smallest absolute Gasteiger partial charge is 0.319 e. The average molecular weight is 615 g/mol. The van der Waals surface area contributed by atoms with Gasteiger partial charge in [0.15, 0.2) is 0 Å². The molecule has 0 N–H and O–H groups in total. The maximum absolute atomic E-state index is 7.23. The highest BCUT2D eigenvalue weighted by molar-refractivity contribution is 7.00. The zero-order valence-corrected chi connectivity index (χ0v) is 29.1. The number of benzene rings is 5. The van der Waals surface area contributed by atoms with Crippen molar-refractivity contribution >= 4 is 37.4 Å². The van der Waals surface area contributed by atoms with Gasteiger partial charge < -0.3 is 8.85 Å². The van der Waals surface area contributed by atoms with E-state index in [0.29, 0.717) is 6.61 Å². The molecule has 44 heavy (non-hydrogen) atoms. The summed E-state index contributed by atoms with van der Waals surface area (Å²) in [6.07, 6.45) is 0.837. The first-order valence-electron chi connectivity index (χ1n) is 15.7. The Labute approximate surface area is 267 Å². The van der Waals surface area contributed by atoms with Gasteiger partial charge >= 0.3 is 8.32 Å². The second-order valence-corrected chi connectivity index (χ2v) is 22.2. The molecule has 0 amide bonds. The Hall–Kier alpha value is -3.71. The summed E-state index contributed by atoms with van der Waals surface area (Å²) in [5, 5.41) is 5.06. The molecule has 0 aliphatic rings. The van der Waals surface area contributed by atoms with Crippen LogP contribution in [-0.2, 0) is 10.8 Å². The van der Waals surface area contributed by atoms with Crippen LogP contribution in [-0.4, -0.2) is 23.2 Å². The van der Waals surface area contributed by atoms with E-state index >= 15 is 0 Å². The van der Waals surface area contributed by atoms with E-state index in [2.05, 4.69) is 187 Å². The molecule has 4 heteroatoms. The molecule has 5 aromatic rings. The predicted octanol–water partition coefficient (Wildman–Crippen LogP) is 7.74. The van der Waals surface area contributed by atoms with Crippen molar-refractivity contribution in [1.82, 2.24) is 0 Å². The summed E-state index contributed by atoms with van der Waals surface area (Å²) >= 11 is 0. The van der Waals surface area contributed by atoms with Crippen LogP contribution >= 0.6 is 0 Å². The van der Waals surface area contributed by atoms with Crippen LogP contribution in [0, 0.1) is 0 Å². The summed E-state index contributed by atoms with van der Waals surface area (Å²) < 4.78 is 14.4. The van der Waals surface area contributed by atoms with Crippen molar-refractivity contribution in [2.75, 3.05) is 6.61 Å². The Balaban J connectivity index is 1.42. The highest BCUT2D eigenvalue weighted by Crippen LogP contribution is 2.38. The molecular formula is C40H46O2Si2. The Morgan fingerprint density at radius 2 is 0.773 bits per heavy atom. The third kappa shape index (κ3) is 6.25. The Bertz CT molecular complexity index is 1510. The predicted molar refractivity (Wildman–Crippen MR) is 192 cm³/mol. The lowest BCUT2D eigenvalue weighted by atomic mass is 10.1.